The SMILES string of the molecule is CCN1CCC(O)C2(C1)CN(C(=O)OC(C)(C)C)C2. The highest BCUT2D eigenvalue weighted by Crippen LogP contribution is 2.39. The van der Waals surface area contributed by atoms with Gasteiger partial charge < -0.3 is 19.6 Å². The molecule has 1 N–H and O–H groups in total. The van der Waals surface area contributed by atoms with Crippen LogP contribution in [0.4, 0.5) is 4.79 Å². The van der Waals surface area contributed by atoms with Gasteiger partial charge >= 0.3 is 6.09 Å². The summed E-state index contributed by atoms with van der Waals surface area (Å²) in [6.07, 6.45) is 0.239. The number of ether oxygens (including phenoxy) is 1. The van der Waals surface area contributed by atoms with E-state index < -0.39 is 5.60 Å². The molecule has 2 aliphatic heterocycles. The van der Waals surface area contributed by atoms with Crippen LogP contribution in [0.15, 0.2) is 0 Å². The second kappa shape index (κ2) is 4.94. The van der Waals surface area contributed by atoms with Crippen LogP contribution in [0.1, 0.15) is 34.1 Å². The van der Waals surface area contributed by atoms with Gasteiger partial charge in [0.25, 0.3) is 0 Å². The third kappa shape index (κ3) is 3.03. The van der Waals surface area contributed by atoms with Gasteiger partial charge in [-0.3, -0.25) is 0 Å². The van der Waals surface area contributed by atoms with Gasteiger partial charge in [-0.25, -0.2) is 4.79 Å². The average Bonchev–Trinajstić information content (AvgIpc) is 2.24. The first-order valence-corrected chi connectivity index (χ1v) is 7.14. The second-order valence-corrected chi connectivity index (χ2v) is 6.87. The maximum Gasteiger partial charge on any atom is 0.410 e. The van der Waals surface area contributed by atoms with Gasteiger partial charge in [0.15, 0.2) is 0 Å². The zero-order valence-electron chi connectivity index (χ0n) is 12.5. The summed E-state index contributed by atoms with van der Waals surface area (Å²) >= 11 is 0. The van der Waals surface area contributed by atoms with Crippen LogP contribution in [-0.4, -0.2) is 65.4 Å². The number of hydrogen-bond donors (Lipinski definition) is 1. The monoisotopic (exact) mass is 270 g/mol. The van der Waals surface area contributed by atoms with E-state index in [0.29, 0.717) is 13.1 Å². The molecule has 110 valence electrons. The Kier molecular flexibility index (Phi) is 3.80. The Morgan fingerprint density at radius 3 is 2.53 bits per heavy atom. The number of carbonyl (C=O) groups is 1. The molecule has 0 aromatic heterocycles. The largest absolute Gasteiger partial charge is 0.444 e. The normalized spacial score (nSPS) is 27.2. The molecular weight excluding hydrogens is 244 g/mol. The van der Waals surface area contributed by atoms with Crippen molar-refractivity contribution in [1.29, 1.82) is 0 Å². The van der Waals surface area contributed by atoms with Crippen molar-refractivity contribution in [1.82, 2.24) is 9.80 Å². The predicted octanol–water partition coefficient (Wildman–Crippen LogP) is 1.31. The van der Waals surface area contributed by atoms with E-state index in [2.05, 4.69) is 11.8 Å². The lowest BCUT2D eigenvalue weighted by atomic mass is 9.71. The number of carbonyl (C=O) groups excluding carboxylic acids is 1. The lowest BCUT2D eigenvalue weighted by Crippen LogP contribution is -2.69. The second-order valence-electron chi connectivity index (χ2n) is 6.87. The summed E-state index contributed by atoms with van der Waals surface area (Å²) in [7, 11) is 0. The van der Waals surface area contributed by atoms with E-state index in [9.17, 15) is 9.90 Å². The molecule has 0 aliphatic carbocycles. The third-order valence-electron chi connectivity index (χ3n) is 4.07. The van der Waals surface area contributed by atoms with Crippen molar-refractivity contribution < 1.29 is 14.6 Å². The lowest BCUT2D eigenvalue weighted by Gasteiger charge is -2.56. The molecule has 2 heterocycles. The number of likely N-dealkylation sites (tertiary alicyclic amines) is 2. The molecule has 5 heteroatoms. The van der Waals surface area contributed by atoms with Crippen LogP contribution in [0.2, 0.25) is 0 Å². The number of hydrogen-bond acceptors (Lipinski definition) is 4. The van der Waals surface area contributed by atoms with Crippen molar-refractivity contribution >= 4 is 6.09 Å². The molecule has 0 radical (unpaired) electrons. The molecular formula is C14H26N2O3. The highest BCUT2D eigenvalue weighted by atomic mass is 16.6. The van der Waals surface area contributed by atoms with Crippen molar-refractivity contribution in [3.05, 3.63) is 0 Å². The summed E-state index contributed by atoms with van der Waals surface area (Å²) < 4.78 is 5.36. The van der Waals surface area contributed by atoms with Crippen LogP contribution < -0.4 is 0 Å². The molecule has 1 amide bonds. The Morgan fingerprint density at radius 2 is 2.00 bits per heavy atom. The van der Waals surface area contributed by atoms with E-state index in [-0.39, 0.29) is 17.6 Å². The van der Waals surface area contributed by atoms with E-state index >= 15 is 0 Å². The first-order chi connectivity index (χ1) is 8.76. The third-order valence-corrected chi connectivity index (χ3v) is 4.07. The Hall–Kier alpha value is -0.810. The predicted molar refractivity (Wildman–Crippen MR) is 73.0 cm³/mol. The van der Waals surface area contributed by atoms with Gasteiger partial charge in [-0.2, -0.15) is 0 Å². The van der Waals surface area contributed by atoms with Crippen LogP contribution in [0.5, 0.6) is 0 Å². The van der Waals surface area contributed by atoms with Crippen LogP contribution in [0, 0.1) is 5.41 Å². The highest BCUT2D eigenvalue weighted by molar-refractivity contribution is 5.69. The Balaban J connectivity index is 1.91. The highest BCUT2D eigenvalue weighted by Gasteiger charge is 2.53. The van der Waals surface area contributed by atoms with E-state index in [1.165, 1.54) is 0 Å². The summed E-state index contributed by atoms with van der Waals surface area (Å²) in [4.78, 5) is 16.0. The standard InChI is InChI=1S/C14H26N2O3/c1-5-15-7-6-11(17)14(8-15)9-16(10-14)12(18)19-13(2,3)4/h11,17H,5-10H2,1-4H3. The molecule has 19 heavy (non-hydrogen) atoms. The number of nitrogens with zero attached hydrogens (tertiary/aromatic N) is 2. The molecule has 0 saturated carbocycles. The van der Waals surface area contributed by atoms with Crippen molar-refractivity contribution in [3.63, 3.8) is 0 Å². The topological polar surface area (TPSA) is 53.0 Å². The summed E-state index contributed by atoms with van der Waals surface area (Å²) in [5.74, 6) is 0. The van der Waals surface area contributed by atoms with E-state index in [1.54, 1.807) is 4.90 Å². The lowest BCUT2D eigenvalue weighted by molar-refractivity contribution is -0.129. The first kappa shape index (κ1) is 14.6. The Morgan fingerprint density at radius 1 is 1.37 bits per heavy atom. The molecule has 2 fully saturated rings. The number of amides is 1. The number of piperidine rings is 1. The molecule has 2 saturated heterocycles. The molecule has 5 nitrogen and oxygen atoms in total. The Bertz CT molecular complexity index is 345. The minimum Gasteiger partial charge on any atom is -0.444 e. The average molecular weight is 270 g/mol. The van der Waals surface area contributed by atoms with Crippen LogP contribution in [0.3, 0.4) is 0 Å². The van der Waals surface area contributed by atoms with Gasteiger partial charge in [0.05, 0.1) is 6.10 Å². The molecule has 2 aliphatic rings. The molecule has 0 bridgehead atoms. The smallest absolute Gasteiger partial charge is 0.410 e. The zero-order chi connectivity index (χ0) is 14.3. The minimum atomic E-state index is -0.458. The van der Waals surface area contributed by atoms with Crippen LogP contribution >= 0.6 is 0 Å². The van der Waals surface area contributed by atoms with Crippen molar-refractivity contribution in [2.75, 3.05) is 32.7 Å². The van der Waals surface area contributed by atoms with Crippen molar-refractivity contribution in [3.8, 4) is 0 Å². The van der Waals surface area contributed by atoms with E-state index in [1.807, 2.05) is 20.8 Å². The van der Waals surface area contributed by atoms with Gasteiger partial charge in [0.1, 0.15) is 5.60 Å². The molecule has 0 aromatic rings. The number of rotatable bonds is 1. The summed E-state index contributed by atoms with van der Waals surface area (Å²) in [6.45, 7) is 11.8. The minimum absolute atomic E-state index is 0.134. The fraction of sp³-hybridized carbons (Fsp3) is 0.929. The van der Waals surface area contributed by atoms with Gasteiger partial charge in [0.2, 0.25) is 0 Å². The summed E-state index contributed by atoms with van der Waals surface area (Å²) in [5, 5.41) is 10.2. The number of aliphatic hydroxyl groups is 1. The molecule has 0 aromatic carbocycles. The summed E-state index contributed by atoms with van der Waals surface area (Å²) in [5.41, 5.74) is -0.592. The fourth-order valence-corrected chi connectivity index (χ4v) is 2.99. The van der Waals surface area contributed by atoms with Crippen molar-refractivity contribution in [2.24, 2.45) is 5.41 Å². The quantitative estimate of drug-likeness (QED) is 0.780. The zero-order valence-corrected chi connectivity index (χ0v) is 12.5. The Labute approximate surface area is 115 Å². The van der Waals surface area contributed by atoms with Gasteiger partial charge in [-0.05, 0) is 33.7 Å². The fourth-order valence-electron chi connectivity index (χ4n) is 2.99. The van der Waals surface area contributed by atoms with E-state index in [0.717, 1.165) is 26.1 Å². The van der Waals surface area contributed by atoms with Crippen LogP contribution in [-0.2, 0) is 4.74 Å². The van der Waals surface area contributed by atoms with E-state index in [4.69, 9.17) is 4.74 Å². The maximum absolute atomic E-state index is 11.9. The molecule has 2 rings (SSSR count). The molecule has 1 atom stereocenters. The summed E-state index contributed by atoms with van der Waals surface area (Å²) in [6, 6.07) is 0. The molecule has 1 spiro atoms. The molecule has 1 unspecified atom stereocenters. The first-order valence-electron chi connectivity index (χ1n) is 7.14. The van der Waals surface area contributed by atoms with Gasteiger partial charge in [-0.1, -0.05) is 6.92 Å². The van der Waals surface area contributed by atoms with Crippen LogP contribution in [0.25, 0.3) is 0 Å². The van der Waals surface area contributed by atoms with Gasteiger partial charge in [0, 0.05) is 31.6 Å². The maximum atomic E-state index is 11.9. The number of aliphatic hydroxyl groups excluding tert-OH is 1. The van der Waals surface area contributed by atoms with Gasteiger partial charge in [-0.15, -0.1) is 0 Å². The van der Waals surface area contributed by atoms with Crippen molar-refractivity contribution in [2.45, 2.75) is 45.8 Å².